The van der Waals surface area contributed by atoms with Crippen molar-refractivity contribution in [2.24, 2.45) is 0 Å². The van der Waals surface area contributed by atoms with Gasteiger partial charge in [0.25, 0.3) is 0 Å². The van der Waals surface area contributed by atoms with E-state index in [1.54, 1.807) is 0 Å². The van der Waals surface area contributed by atoms with E-state index in [-0.39, 0.29) is 0 Å². The van der Waals surface area contributed by atoms with Crippen LogP contribution in [0.5, 0.6) is 0 Å². The van der Waals surface area contributed by atoms with Gasteiger partial charge in [-0.15, -0.1) is 0 Å². The molecule has 4 heteroatoms. The van der Waals surface area contributed by atoms with Crippen molar-refractivity contribution in [2.45, 2.75) is 6.92 Å². The van der Waals surface area contributed by atoms with Gasteiger partial charge in [0.1, 0.15) is 0 Å². The van der Waals surface area contributed by atoms with E-state index in [2.05, 4.69) is 108 Å². The number of hydrogen-bond donors (Lipinski definition) is 1. The summed E-state index contributed by atoms with van der Waals surface area (Å²) in [5, 5.41) is 9.25. The van der Waals surface area contributed by atoms with Crippen molar-refractivity contribution >= 4 is 54.9 Å². The standard InChI is InChI=1S/C37H24N4/c1-24-12-5-8-18-30(24)38-31-20-11-17-27-26(31)22-23-34-35(27)29-16-7-10-21-33(29)41(34)37-39-32-19-9-6-15-28(32)36(40-37)25-13-3-2-4-14-25/h2-6,8-9,11-23,38H,1H3. The normalized spacial score (nSPS) is 11.3. The van der Waals surface area contributed by atoms with Gasteiger partial charge in [-0.2, -0.15) is 0 Å². The molecular weight excluding hydrogens is 500 g/mol. The quantitative estimate of drug-likeness (QED) is 0.250. The van der Waals surface area contributed by atoms with E-state index < -0.39 is 0 Å². The van der Waals surface area contributed by atoms with Gasteiger partial charge < -0.3 is 5.32 Å². The lowest BCUT2D eigenvalue weighted by Crippen LogP contribution is -2.03. The summed E-state index contributed by atoms with van der Waals surface area (Å²) in [7, 11) is 0. The smallest absolute Gasteiger partial charge is 0.235 e. The summed E-state index contributed by atoms with van der Waals surface area (Å²) in [6.45, 7) is 2.12. The van der Waals surface area contributed by atoms with Gasteiger partial charge in [0, 0.05) is 44.5 Å². The van der Waals surface area contributed by atoms with E-state index >= 15 is 0 Å². The predicted octanol–water partition coefficient (Wildman–Crippen LogP) is 9.20. The molecule has 0 spiro atoms. The van der Waals surface area contributed by atoms with Crippen molar-refractivity contribution < 1.29 is 0 Å². The lowest BCUT2D eigenvalue weighted by molar-refractivity contribution is 1.01. The van der Waals surface area contributed by atoms with E-state index in [0.717, 1.165) is 66.1 Å². The summed E-state index contributed by atoms with van der Waals surface area (Å²) < 4.78 is 2.16. The first-order valence-electron chi connectivity index (χ1n) is 13.7. The number of anilines is 2. The van der Waals surface area contributed by atoms with Crippen LogP contribution in [-0.2, 0) is 0 Å². The summed E-state index contributed by atoms with van der Waals surface area (Å²) in [6, 6.07) is 48.1. The highest BCUT2D eigenvalue weighted by molar-refractivity contribution is 6.23. The molecule has 0 aliphatic carbocycles. The van der Waals surface area contributed by atoms with Gasteiger partial charge in [0.05, 0.1) is 22.2 Å². The van der Waals surface area contributed by atoms with Gasteiger partial charge >= 0.3 is 0 Å². The monoisotopic (exact) mass is 524 g/mol. The van der Waals surface area contributed by atoms with Crippen LogP contribution in [0.4, 0.5) is 11.4 Å². The Labute approximate surface area is 237 Å². The fourth-order valence-corrected chi connectivity index (χ4v) is 5.87. The summed E-state index contributed by atoms with van der Waals surface area (Å²) in [6.07, 6.45) is 0. The third kappa shape index (κ3) is 3.71. The van der Waals surface area contributed by atoms with Gasteiger partial charge in [-0.1, -0.05) is 97.1 Å². The Balaban J connectivity index is 1.42. The van der Waals surface area contributed by atoms with E-state index in [1.165, 1.54) is 5.56 Å². The number of hydrogen-bond acceptors (Lipinski definition) is 3. The molecule has 2 aromatic heterocycles. The number of fused-ring (bicyclic) bond motifs is 6. The fourth-order valence-electron chi connectivity index (χ4n) is 5.87. The number of aromatic nitrogens is 3. The first kappa shape index (κ1) is 23.2. The van der Waals surface area contributed by atoms with Gasteiger partial charge in [0.2, 0.25) is 5.95 Å². The molecule has 0 atom stereocenters. The van der Waals surface area contributed by atoms with Crippen LogP contribution in [0.2, 0.25) is 0 Å². The molecule has 0 saturated heterocycles. The van der Waals surface area contributed by atoms with E-state index in [0.29, 0.717) is 5.95 Å². The highest BCUT2D eigenvalue weighted by Gasteiger charge is 2.19. The number of nitrogens with zero attached hydrogens (tertiary/aromatic N) is 3. The first-order valence-corrected chi connectivity index (χ1v) is 13.7. The van der Waals surface area contributed by atoms with Gasteiger partial charge in [-0.25, -0.2) is 9.97 Å². The van der Waals surface area contributed by atoms with Crippen molar-refractivity contribution in [1.82, 2.24) is 14.5 Å². The third-order valence-electron chi connectivity index (χ3n) is 7.83. The molecule has 8 rings (SSSR count). The molecule has 0 aliphatic heterocycles. The maximum Gasteiger partial charge on any atom is 0.235 e. The Hall–Kier alpha value is -5.66. The van der Waals surface area contributed by atoms with Gasteiger partial charge in [-0.3, -0.25) is 4.57 Å². The number of rotatable bonds is 4. The molecule has 0 saturated carbocycles. The Bertz CT molecular complexity index is 2250. The molecule has 6 aromatic carbocycles. The van der Waals surface area contributed by atoms with Crippen LogP contribution in [0.15, 0.2) is 121 Å². The van der Waals surface area contributed by atoms with E-state index in [9.17, 15) is 0 Å². The molecule has 8 aromatic rings. The van der Waals surface area contributed by atoms with Crippen LogP contribution in [0.3, 0.4) is 0 Å². The fraction of sp³-hybridized carbons (Fsp3) is 0.0270. The zero-order valence-electron chi connectivity index (χ0n) is 22.4. The average molecular weight is 525 g/mol. The molecular formula is C37H24N4. The highest BCUT2D eigenvalue weighted by Crippen LogP contribution is 2.39. The molecule has 41 heavy (non-hydrogen) atoms. The molecule has 0 aliphatic rings. The van der Waals surface area contributed by atoms with Crippen LogP contribution in [-0.4, -0.2) is 14.5 Å². The summed E-state index contributed by atoms with van der Waals surface area (Å²) in [4.78, 5) is 10.3. The second-order valence-electron chi connectivity index (χ2n) is 10.3. The van der Waals surface area contributed by atoms with Crippen LogP contribution < -0.4 is 5.32 Å². The molecule has 192 valence electrons. The Morgan fingerprint density at radius 2 is 1.34 bits per heavy atom. The predicted molar refractivity (Wildman–Crippen MR) is 169 cm³/mol. The Morgan fingerprint density at radius 3 is 2.24 bits per heavy atom. The van der Waals surface area contributed by atoms with Crippen molar-refractivity contribution in [3.05, 3.63) is 139 Å². The molecule has 0 fully saturated rings. The van der Waals surface area contributed by atoms with Crippen molar-refractivity contribution in [1.29, 1.82) is 0 Å². The molecule has 0 bridgehead atoms. The van der Waals surface area contributed by atoms with Crippen LogP contribution in [0, 0.1) is 19.1 Å². The summed E-state index contributed by atoms with van der Waals surface area (Å²) in [5.74, 6) is 0.635. The molecule has 4 nitrogen and oxygen atoms in total. The van der Waals surface area contributed by atoms with Crippen LogP contribution in [0.25, 0.3) is 60.7 Å². The first-order chi connectivity index (χ1) is 20.3. The zero-order chi connectivity index (χ0) is 27.3. The van der Waals surface area contributed by atoms with Gasteiger partial charge in [0.15, 0.2) is 0 Å². The largest absolute Gasteiger partial charge is 0.355 e. The van der Waals surface area contributed by atoms with Crippen molar-refractivity contribution in [2.75, 3.05) is 5.32 Å². The minimum atomic E-state index is 0.635. The van der Waals surface area contributed by atoms with E-state index in [1.807, 2.05) is 42.5 Å². The third-order valence-corrected chi connectivity index (χ3v) is 7.83. The number of aryl methyl sites for hydroxylation is 1. The van der Waals surface area contributed by atoms with Crippen molar-refractivity contribution in [3.63, 3.8) is 0 Å². The second kappa shape index (κ2) is 9.22. The van der Waals surface area contributed by atoms with Crippen LogP contribution in [0.1, 0.15) is 5.56 Å². The number of benzene rings is 5. The zero-order valence-corrected chi connectivity index (χ0v) is 22.4. The molecule has 0 unspecified atom stereocenters. The summed E-state index contributed by atoms with van der Waals surface area (Å²) >= 11 is 0. The summed E-state index contributed by atoms with van der Waals surface area (Å²) in [5.41, 5.74) is 8.30. The second-order valence-corrected chi connectivity index (χ2v) is 10.3. The van der Waals surface area contributed by atoms with Gasteiger partial charge in [-0.05, 0) is 48.2 Å². The Morgan fingerprint density at radius 1 is 0.585 bits per heavy atom. The van der Waals surface area contributed by atoms with Crippen molar-refractivity contribution in [3.8, 4) is 17.2 Å². The molecule has 1 N–H and O–H groups in total. The average Bonchev–Trinajstić information content (AvgIpc) is 3.37. The molecule has 0 amide bonds. The highest BCUT2D eigenvalue weighted by atomic mass is 15.2. The topological polar surface area (TPSA) is 42.7 Å². The lowest BCUT2D eigenvalue weighted by Gasteiger charge is -2.13. The maximum atomic E-state index is 5.19. The number of nitrogens with one attached hydrogen (secondary N) is 1. The molecule has 2 heterocycles. The number of para-hydroxylation sites is 2. The minimum Gasteiger partial charge on any atom is -0.355 e. The molecule has 0 radical (unpaired) electrons. The Kier molecular flexibility index (Phi) is 5.23. The lowest BCUT2D eigenvalue weighted by atomic mass is 10.0. The minimum absolute atomic E-state index is 0.635. The van der Waals surface area contributed by atoms with Crippen LogP contribution >= 0.6 is 0 Å². The maximum absolute atomic E-state index is 5.19. The van der Waals surface area contributed by atoms with E-state index in [4.69, 9.17) is 9.97 Å². The SMILES string of the molecule is Cc1ccccc1Nc1cccc2c1ccc1c2c2cc#ccc2n1-c1nc(-c2ccccc2)c2ccccc2n1.